The Hall–Kier alpha value is -2.87. The van der Waals surface area contributed by atoms with E-state index in [4.69, 9.17) is 9.84 Å². The minimum Gasteiger partial charge on any atom is -0.483 e. The Morgan fingerprint density at radius 3 is 2.39 bits per heavy atom. The number of nitrogens with zero attached hydrogens (tertiary/aromatic N) is 1. The molecule has 8 heteroatoms. The molecule has 3 rings (SSSR count). The summed E-state index contributed by atoms with van der Waals surface area (Å²) in [6.45, 7) is 5.01. The average molecular weight is 449 g/mol. The molecule has 2 aromatic carbocycles. The number of aliphatic carboxylic acids is 1. The standard InChI is InChI=1S/C23H22F3NO3S/c1-4-15(23(28)29)8-14-9-19(25)21(20(26)10-14)30-11-17-13(3)27-31-22(17)16-6-5-12(2)7-18(16)24/h5-7,9-10,15H,4,8,11H2,1-3H3,(H,28,29). The summed E-state index contributed by atoms with van der Waals surface area (Å²) in [4.78, 5) is 11.7. The van der Waals surface area contributed by atoms with Crippen molar-refractivity contribution in [3.8, 4) is 16.2 Å². The van der Waals surface area contributed by atoms with Crippen LogP contribution in [0, 0.1) is 37.2 Å². The number of carboxylic acid groups (broad SMARTS) is 1. The zero-order chi connectivity index (χ0) is 22.7. The predicted octanol–water partition coefficient (Wildman–Crippen LogP) is 6.08. The van der Waals surface area contributed by atoms with Gasteiger partial charge in [0.1, 0.15) is 12.4 Å². The molecular formula is C23H22F3NO3S. The van der Waals surface area contributed by atoms with Gasteiger partial charge in [-0.15, -0.1) is 0 Å². The van der Waals surface area contributed by atoms with E-state index in [9.17, 15) is 18.0 Å². The molecule has 0 radical (unpaired) electrons. The Morgan fingerprint density at radius 2 is 1.81 bits per heavy atom. The van der Waals surface area contributed by atoms with Crippen LogP contribution in [0.4, 0.5) is 13.2 Å². The van der Waals surface area contributed by atoms with Crippen LogP contribution in [0.3, 0.4) is 0 Å². The number of halogens is 3. The zero-order valence-electron chi connectivity index (χ0n) is 17.3. The Balaban J connectivity index is 1.84. The van der Waals surface area contributed by atoms with Crippen LogP contribution in [0.1, 0.15) is 35.7 Å². The summed E-state index contributed by atoms with van der Waals surface area (Å²) in [5.74, 6) is -4.54. The molecule has 31 heavy (non-hydrogen) atoms. The smallest absolute Gasteiger partial charge is 0.306 e. The number of carboxylic acids is 1. The summed E-state index contributed by atoms with van der Waals surface area (Å²) in [6.07, 6.45) is 0.365. The van der Waals surface area contributed by atoms with Crippen molar-refractivity contribution in [1.82, 2.24) is 4.37 Å². The van der Waals surface area contributed by atoms with Gasteiger partial charge in [-0.1, -0.05) is 19.1 Å². The van der Waals surface area contributed by atoms with Crippen LogP contribution in [0.2, 0.25) is 0 Å². The first-order chi connectivity index (χ1) is 14.7. The van der Waals surface area contributed by atoms with Crippen molar-refractivity contribution in [2.24, 2.45) is 5.92 Å². The van der Waals surface area contributed by atoms with E-state index in [0.717, 1.165) is 29.2 Å². The van der Waals surface area contributed by atoms with Gasteiger partial charge in [0.25, 0.3) is 0 Å². The molecule has 0 saturated carbocycles. The molecule has 0 bridgehead atoms. The highest BCUT2D eigenvalue weighted by atomic mass is 32.1. The minimum atomic E-state index is -1.01. The lowest BCUT2D eigenvalue weighted by Crippen LogP contribution is -2.15. The van der Waals surface area contributed by atoms with Gasteiger partial charge in [-0.3, -0.25) is 4.79 Å². The molecule has 0 aliphatic carbocycles. The number of aromatic nitrogens is 1. The number of hydrogen-bond donors (Lipinski definition) is 1. The van der Waals surface area contributed by atoms with Crippen molar-refractivity contribution in [3.05, 3.63) is 70.2 Å². The van der Waals surface area contributed by atoms with E-state index in [1.807, 2.05) is 0 Å². The van der Waals surface area contributed by atoms with E-state index in [-0.39, 0.29) is 18.6 Å². The number of ether oxygens (including phenoxy) is 1. The lowest BCUT2D eigenvalue weighted by molar-refractivity contribution is -0.141. The van der Waals surface area contributed by atoms with Crippen molar-refractivity contribution >= 4 is 17.5 Å². The first-order valence-corrected chi connectivity index (χ1v) is 10.5. The first-order valence-electron chi connectivity index (χ1n) is 9.76. The van der Waals surface area contributed by atoms with Gasteiger partial charge in [-0.25, -0.2) is 13.2 Å². The van der Waals surface area contributed by atoms with Crippen molar-refractivity contribution in [2.75, 3.05) is 0 Å². The summed E-state index contributed by atoms with van der Waals surface area (Å²) >= 11 is 1.09. The molecule has 1 aromatic heterocycles. The molecule has 0 aliphatic heterocycles. The van der Waals surface area contributed by atoms with Crippen molar-refractivity contribution in [1.29, 1.82) is 0 Å². The fraction of sp³-hybridized carbons (Fsp3) is 0.304. The summed E-state index contributed by atoms with van der Waals surface area (Å²) < 4.78 is 53.2. The van der Waals surface area contributed by atoms with E-state index < -0.39 is 35.1 Å². The molecule has 164 valence electrons. The van der Waals surface area contributed by atoms with Crippen molar-refractivity contribution in [2.45, 2.75) is 40.2 Å². The fourth-order valence-electron chi connectivity index (χ4n) is 3.28. The molecular weight excluding hydrogens is 427 g/mol. The summed E-state index contributed by atoms with van der Waals surface area (Å²) in [7, 11) is 0. The Bertz CT molecular complexity index is 1090. The SMILES string of the molecule is CCC(Cc1cc(F)c(OCc2c(C)nsc2-c2ccc(C)cc2F)c(F)c1)C(=O)O. The molecule has 1 unspecified atom stereocenters. The highest BCUT2D eigenvalue weighted by Gasteiger charge is 2.21. The number of hydrogen-bond acceptors (Lipinski definition) is 4. The highest BCUT2D eigenvalue weighted by Crippen LogP contribution is 2.34. The fourth-order valence-corrected chi connectivity index (χ4v) is 4.20. The van der Waals surface area contributed by atoms with E-state index in [1.165, 1.54) is 6.07 Å². The molecule has 0 saturated heterocycles. The normalized spacial score (nSPS) is 12.1. The molecule has 1 heterocycles. The first kappa shape index (κ1) is 22.8. The molecule has 4 nitrogen and oxygen atoms in total. The van der Waals surface area contributed by atoms with Gasteiger partial charge < -0.3 is 9.84 Å². The lowest BCUT2D eigenvalue weighted by Gasteiger charge is -2.13. The third-order valence-corrected chi connectivity index (χ3v) is 6.11. The minimum absolute atomic E-state index is 0.0182. The Labute approximate surface area is 182 Å². The Morgan fingerprint density at radius 1 is 1.13 bits per heavy atom. The third-order valence-electron chi connectivity index (χ3n) is 5.10. The van der Waals surface area contributed by atoms with E-state index >= 15 is 0 Å². The highest BCUT2D eigenvalue weighted by molar-refractivity contribution is 7.09. The van der Waals surface area contributed by atoms with Gasteiger partial charge in [-0.2, -0.15) is 4.37 Å². The molecule has 3 aromatic rings. The average Bonchev–Trinajstić information content (AvgIpc) is 3.05. The summed E-state index contributed by atoms with van der Waals surface area (Å²) in [6, 6.07) is 7.00. The number of carbonyl (C=O) groups is 1. The lowest BCUT2D eigenvalue weighted by atomic mass is 9.97. The van der Waals surface area contributed by atoms with Gasteiger partial charge in [0.2, 0.25) is 0 Å². The number of rotatable bonds is 8. The third kappa shape index (κ3) is 5.07. The topological polar surface area (TPSA) is 59.4 Å². The second kappa shape index (κ2) is 9.51. The number of aryl methyl sites for hydroxylation is 2. The van der Waals surface area contributed by atoms with Crippen molar-refractivity contribution in [3.63, 3.8) is 0 Å². The maximum Gasteiger partial charge on any atom is 0.306 e. The molecule has 0 aliphatic rings. The van der Waals surface area contributed by atoms with Crippen molar-refractivity contribution < 1.29 is 27.8 Å². The van der Waals surface area contributed by atoms with Crippen LogP contribution in [0.15, 0.2) is 30.3 Å². The second-order valence-electron chi connectivity index (χ2n) is 7.38. The van der Waals surface area contributed by atoms with Crippen LogP contribution >= 0.6 is 11.5 Å². The van der Waals surface area contributed by atoms with Gasteiger partial charge in [-0.05, 0) is 67.5 Å². The molecule has 0 spiro atoms. The van der Waals surface area contributed by atoms with Crippen LogP contribution in [0.25, 0.3) is 10.4 Å². The van der Waals surface area contributed by atoms with Crippen LogP contribution in [-0.2, 0) is 17.8 Å². The molecule has 0 amide bonds. The van der Waals surface area contributed by atoms with E-state index in [2.05, 4.69) is 4.37 Å². The quantitative estimate of drug-likeness (QED) is 0.453. The molecule has 1 atom stereocenters. The van der Waals surface area contributed by atoms with Gasteiger partial charge in [0.15, 0.2) is 17.4 Å². The van der Waals surface area contributed by atoms with Crippen LogP contribution < -0.4 is 4.74 Å². The van der Waals surface area contributed by atoms with Crippen LogP contribution in [0.5, 0.6) is 5.75 Å². The monoisotopic (exact) mass is 449 g/mol. The van der Waals surface area contributed by atoms with E-state index in [1.54, 1.807) is 32.9 Å². The maximum atomic E-state index is 14.5. The van der Waals surface area contributed by atoms with Gasteiger partial charge >= 0.3 is 5.97 Å². The predicted molar refractivity (Wildman–Crippen MR) is 113 cm³/mol. The second-order valence-corrected chi connectivity index (χ2v) is 8.16. The number of benzene rings is 2. The van der Waals surface area contributed by atoms with E-state index in [0.29, 0.717) is 28.1 Å². The van der Waals surface area contributed by atoms with Gasteiger partial charge in [0, 0.05) is 11.1 Å². The zero-order valence-corrected chi connectivity index (χ0v) is 18.2. The van der Waals surface area contributed by atoms with Crippen LogP contribution in [-0.4, -0.2) is 15.4 Å². The van der Waals surface area contributed by atoms with Gasteiger partial charge in [0.05, 0.1) is 16.5 Å². The summed E-state index contributed by atoms with van der Waals surface area (Å²) in [5, 5.41) is 9.15. The Kier molecular flexibility index (Phi) is 7.00. The largest absolute Gasteiger partial charge is 0.483 e. The molecule has 0 fully saturated rings. The summed E-state index contributed by atoms with van der Waals surface area (Å²) in [5.41, 5.74) is 2.51. The molecule has 1 N–H and O–H groups in total. The maximum absolute atomic E-state index is 14.5.